The molecule has 1 heterocycles. The summed E-state index contributed by atoms with van der Waals surface area (Å²) in [5.74, 6) is -1.21. The summed E-state index contributed by atoms with van der Waals surface area (Å²) in [5, 5.41) is 29.5. The van der Waals surface area contributed by atoms with Crippen LogP contribution in [0.3, 0.4) is 0 Å². The molecule has 0 saturated carbocycles. The molecule has 0 spiro atoms. The van der Waals surface area contributed by atoms with E-state index in [9.17, 15) is 29.0 Å². The van der Waals surface area contributed by atoms with Gasteiger partial charge in [-0.3, -0.25) is 4.90 Å². The van der Waals surface area contributed by atoms with Crippen LogP contribution < -0.4 is 5.73 Å². The van der Waals surface area contributed by atoms with E-state index in [2.05, 4.69) is 4.90 Å². The van der Waals surface area contributed by atoms with Gasteiger partial charge in [0.15, 0.2) is 5.41 Å². The smallest absolute Gasteiger partial charge is 0.399 e. The molecular formula is C21H18F3N5. The number of nitriles is 3. The zero-order valence-electron chi connectivity index (χ0n) is 15.7. The number of likely N-dealkylation sites (N-methyl/N-ethyl adjacent to an activating group) is 1. The normalized spacial score (nSPS) is 24.0. The quantitative estimate of drug-likeness (QED) is 0.824. The number of allylic oxidation sites excluding steroid dienone is 2. The van der Waals surface area contributed by atoms with E-state index < -0.39 is 29.0 Å². The van der Waals surface area contributed by atoms with Gasteiger partial charge in [-0.2, -0.15) is 29.0 Å². The molecule has 2 aliphatic rings. The van der Waals surface area contributed by atoms with Gasteiger partial charge in [0.1, 0.15) is 6.07 Å². The van der Waals surface area contributed by atoms with Crippen LogP contribution >= 0.6 is 0 Å². The lowest BCUT2D eigenvalue weighted by molar-refractivity contribution is -0.137. The van der Waals surface area contributed by atoms with Crippen LogP contribution in [0.15, 0.2) is 47.2 Å². The van der Waals surface area contributed by atoms with Crippen molar-refractivity contribution in [2.45, 2.75) is 19.0 Å². The Morgan fingerprint density at radius 2 is 1.79 bits per heavy atom. The van der Waals surface area contributed by atoms with Crippen LogP contribution in [0.25, 0.3) is 0 Å². The van der Waals surface area contributed by atoms with Gasteiger partial charge in [0.2, 0.25) is 0 Å². The second-order valence-corrected chi connectivity index (χ2v) is 7.15. The van der Waals surface area contributed by atoms with Crippen LogP contribution in [0, 0.1) is 45.3 Å². The van der Waals surface area contributed by atoms with E-state index in [1.165, 1.54) is 12.1 Å². The molecule has 0 fully saturated rings. The number of hydrogen-bond donors (Lipinski definition) is 1. The van der Waals surface area contributed by atoms with Gasteiger partial charge in [-0.15, -0.1) is 0 Å². The van der Waals surface area contributed by atoms with Gasteiger partial charge in [0.25, 0.3) is 0 Å². The third-order valence-electron chi connectivity index (χ3n) is 5.78. The van der Waals surface area contributed by atoms with E-state index in [0.717, 1.165) is 12.1 Å². The second kappa shape index (κ2) is 7.28. The van der Waals surface area contributed by atoms with Crippen molar-refractivity contribution >= 4 is 0 Å². The summed E-state index contributed by atoms with van der Waals surface area (Å²) in [6.45, 7) is 3.74. The van der Waals surface area contributed by atoms with Crippen molar-refractivity contribution in [3.8, 4) is 18.2 Å². The molecule has 8 heteroatoms. The van der Waals surface area contributed by atoms with Gasteiger partial charge >= 0.3 is 6.18 Å². The molecule has 148 valence electrons. The summed E-state index contributed by atoms with van der Waals surface area (Å²) in [7, 11) is 0. The minimum absolute atomic E-state index is 0.122. The molecule has 3 rings (SSSR count). The topological polar surface area (TPSA) is 101 Å². The van der Waals surface area contributed by atoms with E-state index >= 15 is 0 Å². The molecule has 1 aliphatic carbocycles. The molecule has 2 N–H and O–H groups in total. The van der Waals surface area contributed by atoms with Gasteiger partial charge in [-0.05, 0) is 29.8 Å². The number of hydrogen-bond acceptors (Lipinski definition) is 5. The summed E-state index contributed by atoms with van der Waals surface area (Å²) in [5.41, 5.74) is 4.56. The molecule has 2 atom stereocenters. The van der Waals surface area contributed by atoms with Crippen LogP contribution in [0.1, 0.15) is 24.0 Å². The summed E-state index contributed by atoms with van der Waals surface area (Å²) >= 11 is 0. The summed E-state index contributed by atoms with van der Waals surface area (Å²) in [6.07, 6.45) is -2.63. The van der Waals surface area contributed by atoms with Gasteiger partial charge in [0.05, 0.1) is 29.0 Å². The van der Waals surface area contributed by atoms with Crippen molar-refractivity contribution in [1.82, 2.24) is 4.90 Å². The van der Waals surface area contributed by atoms with Crippen molar-refractivity contribution in [2.24, 2.45) is 17.1 Å². The monoisotopic (exact) mass is 397 g/mol. The minimum Gasteiger partial charge on any atom is -0.399 e. The lowest BCUT2D eigenvalue weighted by Crippen LogP contribution is -2.48. The van der Waals surface area contributed by atoms with E-state index in [1.807, 2.05) is 31.2 Å². The predicted molar refractivity (Wildman–Crippen MR) is 98.4 cm³/mol. The first-order valence-corrected chi connectivity index (χ1v) is 9.06. The molecule has 0 bridgehead atoms. The predicted octanol–water partition coefficient (Wildman–Crippen LogP) is 3.45. The number of nitrogens with two attached hydrogens (primary N) is 1. The lowest BCUT2D eigenvalue weighted by atomic mass is 9.58. The number of nitrogens with zero attached hydrogens (tertiary/aromatic N) is 4. The Morgan fingerprint density at radius 1 is 1.17 bits per heavy atom. The summed E-state index contributed by atoms with van der Waals surface area (Å²) in [6, 6.07) is 10.5. The van der Waals surface area contributed by atoms with Crippen LogP contribution in [0.2, 0.25) is 0 Å². The molecule has 1 aliphatic heterocycles. The zero-order chi connectivity index (χ0) is 21.4. The highest BCUT2D eigenvalue weighted by atomic mass is 19.4. The Balaban J connectivity index is 2.25. The van der Waals surface area contributed by atoms with Crippen molar-refractivity contribution < 1.29 is 13.2 Å². The molecule has 0 aromatic heterocycles. The minimum atomic E-state index is -4.49. The Kier molecular flexibility index (Phi) is 5.13. The average molecular weight is 397 g/mol. The standard InChI is InChI=1S/C21H18F3N5/c1-2-29-8-7-15-16(9-25)19(28)20(11-26,12-27)18(17(15)10-29)13-3-5-14(6-4-13)21(22,23)24/h3-7,17-18H,2,8,10,28H2,1H3/t17-,18-/m1/s1. The Hall–Kier alpha value is -3.28. The van der Waals surface area contributed by atoms with Crippen molar-refractivity contribution in [3.05, 3.63) is 58.3 Å². The summed E-state index contributed by atoms with van der Waals surface area (Å²) in [4.78, 5) is 2.08. The summed E-state index contributed by atoms with van der Waals surface area (Å²) < 4.78 is 39.0. The average Bonchev–Trinajstić information content (AvgIpc) is 2.72. The highest BCUT2D eigenvalue weighted by Gasteiger charge is 2.54. The molecule has 1 aromatic carbocycles. The SMILES string of the molecule is CCN1CC=C2C(C#N)=C(N)C(C#N)(C#N)[C@H](c3ccc(C(F)(F)F)cc3)[C@@H]2C1. The Bertz CT molecular complexity index is 985. The van der Waals surface area contributed by atoms with E-state index in [4.69, 9.17) is 5.73 Å². The molecule has 0 radical (unpaired) electrons. The van der Waals surface area contributed by atoms with Gasteiger partial charge in [-0.25, -0.2) is 0 Å². The third kappa shape index (κ3) is 3.14. The fraction of sp³-hybridized carbons (Fsp3) is 0.381. The van der Waals surface area contributed by atoms with Crippen LogP contribution in [-0.2, 0) is 6.18 Å². The van der Waals surface area contributed by atoms with Crippen LogP contribution in [-0.4, -0.2) is 24.5 Å². The maximum atomic E-state index is 13.0. The van der Waals surface area contributed by atoms with Crippen molar-refractivity contribution in [1.29, 1.82) is 15.8 Å². The fourth-order valence-electron chi connectivity index (χ4n) is 4.25. The van der Waals surface area contributed by atoms with E-state index in [1.54, 1.807) is 0 Å². The fourth-order valence-corrected chi connectivity index (χ4v) is 4.25. The third-order valence-corrected chi connectivity index (χ3v) is 5.78. The number of fused-ring (bicyclic) bond motifs is 1. The van der Waals surface area contributed by atoms with E-state index in [0.29, 0.717) is 30.8 Å². The molecule has 29 heavy (non-hydrogen) atoms. The van der Waals surface area contributed by atoms with E-state index in [-0.39, 0.29) is 11.3 Å². The van der Waals surface area contributed by atoms with Crippen molar-refractivity contribution in [2.75, 3.05) is 19.6 Å². The Morgan fingerprint density at radius 3 is 2.28 bits per heavy atom. The Labute approximate surface area is 166 Å². The van der Waals surface area contributed by atoms with Crippen LogP contribution in [0.5, 0.6) is 0 Å². The van der Waals surface area contributed by atoms with Gasteiger partial charge < -0.3 is 5.73 Å². The lowest BCUT2D eigenvalue weighted by Gasteiger charge is -2.45. The first-order valence-electron chi connectivity index (χ1n) is 9.06. The number of halogens is 3. The number of benzene rings is 1. The maximum Gasteiger partial charge on any atom is 0.416 e. The highest BCUT2D eigenvalue weighted by molar-refractivity contribution is 5.59. The van der Waals surface area contributed by atoms with Gasteiger partial charge in [-0.1, -0.05) is 25.1 Å². The largest absolute Gasteiger partial charge is 0.416 e. The highest BCUT2D eigenvalue weighted by Crippen LogP contribution is 2.54. The number of rotatable bonds is 2. The second-order valence-electron chi connectivity index (χ2n) is 7.15. The molecular weight excluding hydrogens is 379 g/mol. The first-order chi connectivity index (χ1) is 13.7. The van der Waals surface area contributed by atoms with Gasteiger partial charge in [0, 0.05) is 24.9 Å². The molecule has 0 unspecified atom stereocenters. The zero-order valence-corrected chi connectivity index (χ0v) is 15.7. The van der Waals surface area contributed by atoms with Crippen molar-refractivity contribution in [3.63, 3.8) is 0 Å². The molecule has 0 saturated heterocycles. The maximum absolute atomic E-state index is 13.0. The first kappa shape index (κ1) is 20.5. The molecule has 1 aromatic rings. The molecule has 0 amide bonds. The van der Waals surface area contributed by atoms with Crippen LogP contribution in [0.4, 0.5) is 13.2 Å². The number of alkyl halides is 3. The molecule has 5 nitrogen and oxygen atoms in total.